The van der Waals surface area contributed by atoms with Crippen LogP contribution in [0.15, 0.2) is 41.3 Å². The predicted molar refractivity (Wildman–Crippen MR) is 87.9 cm³/mol. The quantitative estimate of drug-likeness (QED) is 0.788. The van der Waals surface area contributed by atoms with E-state index in [9.17, 15) is 8.42 Å². The summed E-state index contributed by atoms with van der Waals surface area (Å²) in [5, 5.41) is -0.354. The van der Waals surface area contributed by atoms with Crippen LogP contribution >= 0.6 is 11.6 Å². The minimum Gasteiger partial charge on any atom is -0.224 e. The SMILES string of the molecule is Cc1cc(C)c(C(Cl)c2cccc(S(C)(=O)=O)c2)c(C)c1. The normalized spacial score (nSPS) is 13.2. The van der Waals surface area contributed by atoms with Gasteiger partial charge >= 0.3 is 0 Å². The Morgan fingerprint density at radius 3 is 2.10 bits per heavy atom. The first-order valence-electron chi connectivity index (χ1n) is 6.72. The third-order valence-corrected chi connectivity index (χ3v) is 5.15. The van der Waals surface area contributed by atoms with E-state index < -0.39 is 9.84 Å². The third kappa shape index (κ3) is 3.47. The lowest BCUT2D eigenvalue weighted by Gasteiger charge is -2.17. The van der Waals surface area contributed by atoms with Crippen molar-refractivity contribution in [3.8, 4) is 0 Å². The van der Waals surface area contributed by atoms with E-state index in [1.807, 2.05) is 19.9 Å². The minimum atomic E-state index is -3.23. The van der Waals surface area contributed by atoms with Crippen LogP contribution < -0.4 is 0 Å². The summed E-state index contributed by atoms with van der Waals surface area (Å²) >= 11 is 6.62. The molecule has 0 fully saturated rings. The van der Waals surface area contributed by atoms with E-state index >= 15 is 0 Å². The maximum atomic E-state index is 11.7. The monoisotopic (exact) mass is 322 g/mol. The number of aryl methyl sites for hydroxylation is 3. The van der Waals surface area contributed by atoms with Crippen LogP contribution in [0.5, 0.6) is 0 Å². The third-order valence-electron chi connectivity index (χ3n) is 3.57. The molecule has 4 heteroatoms. The van der Waals surface area contributed by atoms with E-state index in [2.05, 4.69) is 19.1 Å². The zero-order chi connectivity index (χ0) is 15.8. The van der Waals surface area contributed by atoms with Crippen molar-refractivity contribution in [3.05, 3.63) is 64.2 Å². The van der Waals surface area contributed by atoms with Crippen molar-refractivity contribution in [2.24, 2.45) is 0 Å². The number of sulfone groups is 1. The highest BCUT2D eigenvalue weighted by Crippen LogP contribution is 2.34. The standard InChI is InChI=1S/C17H19ClO2S/c1-11-8-12(2)16(13(3)9-11)17(18)14-6-5-7-15(10-14)21(4,19)20/h5-10,17H,1-4H3. The van der Waals surface area contributed by atoms with Gasteiger partial charge in [-0.1, -0.05) is 29.8 Å². The summed E-state index contributed by atoms with van der Waals surface area (Å²) in [7, 11) is -3.23. The highest BCUT2D eigenvalue weighted by atomic mass is 35.5. The molecule has 0 amide bonds. The summed E-state index contributed by atoms with van der Waals surface area (Å²) < 4.78 is 23.4. The van der Waals surface area contributed by atoms with Crippen molar-refractivity contribution in [1.29, 1.82) is 0 Å². The van der Waals surface area contributed by atoms with Gasteiger partial charge in [0.15, 0.2) is 9.84 Å². The Morgan fingerprint density at radius 2 is 1.57 bits per heavy atom. The maximum absolute atomic E-state index is 11.7. The molecule has 0 spiro atoms. The first-order valence-corrected chi connectivity index (χ1v) is 9.05. The van der Waals surface area contributed by atoms with Crippen LogP contribution in [-0.4, -0.2) is 14.7 Å². The van der Waals surface area contributed by atoms with Crippen molar-refractivity contribution in [3.63, 3.8) is 0 Å². The van der Waals surface area contributed by atoms with Gasteiger partial charge in [-0.05, 0) is 55.2 Å². The molecule has 0 bridgehead atoms. The van der Waals surface area contributed by atoms with Crippen molar-refractivity contribution in [1.82, 2.24) is 0 Å². The highest BCUT2D eigenvalue weighted by molar-refractivity contribution is 7.90. The van der Waals surface area contributed by atoms with Crippen LogP contribution in [0.2, 0.25) is 0 Å². The van der Waals surface area contributed by atoms with Crippen molar-refractivity contribution in [2.75, 3.05) is 6.26 Å². The van der Waals surface area contributed by atoms with Gasteiger partial charge in [-0.25, -0.2) is 8.42 Å². The van der Waals surface area contributed by atoms with Gasteiger partial charge in [0, 0.05) is 6.26 Å². The molecule has 0 aromatic heterocycles. The second kappa shape index (κ2) is 5.82. The largest absolute Gasteiger partial charge is 0.224 e. The van der Waals surface area contributed by atoms with Crippen molar-refractivity contribution in [2.45, 2.75) is 31.0 Å². The van der Waals surface area contributed by atoms with E-state index in [-0.39, 0.29) is 5.38 Å². The smallest absolute Gasteiger partial charge is 0.175 e. The molecule has 2 nitrogen and oxygen atoms in total. The van der Waals surface area contributed by atoms with Gasteiger partial charge in [0.05, 0.1) is 10.3 Å². The van der Waals surface area contributed by atoms with Gasteiger partial charge in [0.1, 0.15) is 0 Å². The fourth-order valence-electron chi connectivity index (χ4n) is 2.66. The molecule has 0 heterocycles. The molecule has 0 radical (unpaired) electrons. The first kappa shape index (κ1) is 16.1. The second-order valence-corrected chi connectivity index (χ2v) is 7.97. The van der Waals surface area contributed by atoms with Gasteiger partial charge < -0.3 is 0 Å². The molecular weight excluding hydrogens is 304 g/mol. The molecule has 0 saturated carbocycles. The van der Waals surface area contributed by atoms with Crippen LogP contribution in [0.3, 0.4) is 0 Å². The molecule has 112 valence electrons. The topological polar surface area (TPSA) is 34.1 Å². The second-order valence-electron chi connectivity index (χ2n) is 5.52. The molecular formula is C17H19ClO2S. The molecule has 1 atom stereocenters. The predicted octanol–water partition coefficient (Wildman–Crippen LogP) is 4.34. The Bertz CT molecular complexity index is 756. The van der Waals surface area contributed by atoms with Gasteiger partial charge in [-0.2, -0.15) is 0 Å². The minimum absolute atomic E-state index is 0.299. The lowest BCUT2D eigenvalue weighted by atomic mass is 9.94. The van der Waals surface area contributed by atoms with Crippen LogP contribution in [0, 0.1) is 20.8 Å². The summed E-state index contributed by atoms with van der Waals surface area (Å²) in [5.41, 5.74) is 5.29. The average Bonchev–Trinajstić information content (AvgIpc) is 2.36. The summed E-state index contributed by atoms with van der Waals surface area (Å²) in [6.07, 6.45) is 1.21. The number of alkyl halides is 1. The summed E-state index contributed by atoms with van der Waals surface area (Å²) in [5.74, 6) is 0. The summed E-state index contributed by atoms with van der Waals surface area (Å²) in [6.45, 7) is 6.12. The van der Waals surface area contributed by atoms with E-state index in [0.29, 0.717) is 4.90 Å². The van der Waals surface area contributed by atoms with Crippen molar-refractivity contribution < 1.29 is 8.42 Å². The van der Waals surface area contributed by atoms with Crippen LogP contribution in [0.25, 0.3) is 0 Å². The molecule has 0 saturated heterocycles. The maximum Gasteiger partial charge on any atom is 0.175 e. The fraction of sp³-hybridized carbons (Fsp3) is 0.294. The Balaban J connectivity index is 2.53. The average molecular weight is 323 g/mol. The molecule has 0 aliphatic heterocycles. The number of hydrogen-bond donors (Lipinski definition) is 0. The molecule has 2 rings (SSSR count). The Hall–Kier alpha value is -1.32. The Kier molecular flexibility index (Phi) is 4.45. The number of hydrogen-bond acceptors (Lipinski definition) is 2. The number of benzene rings is 2. The van der Waals surface area contributed by atoms with Crippen molar-refractivity contribution >= 4 is 21.4 Å². The van der Waals surface area contributed by atoms with Crippen LogP contribution in [-0.2, 0) is 9.84 Å². The van der Waals surface area contributed by atoms with Crippen LogP contribution in [0.4, 0.5) is 0 Å². The summed E-state index contributed by atoms with van der Waals surface area (Å²) in [4.78, 5) is 0.299. The summed E-state index contributed by atoms with van der Waals surface area (Å²) in [6, 6.07) is 11.0. The van der Waals surface area contributed by atoms with E-state index in [4.69, 9.17) is 11.6 Å². The Labute approximate surface area is 131 Å². The molecule has 21 heavy (non-hydrogen) atoms. The molecule has 2 aromatic rings. The fourth-order valence-corrected chi connectivity index (χ4v) is 3.82. The highest BCUT2D eigenvalue weighted by Gasteiger charge is 2.18. The van der Waals surface area contributed by atoms with E-state index in [0.717, 1.165) is 22.3 Å². The molecule has 2 aromatic carbocycles. The van der Waals surface area contributed by atoms with E-state index in [1.165, 1.54) is 11.8 Å². The lowest BCUT2D eigenvalue weighted by molar-refractivity contribution is 0.601. The van der Waals surface area contributed by atoms with E-state index in [1.54, 1.807) is 18.2 Å². The molecule has 1 unspecified atom stereocenters. The van der Waals surface area contributed by atoms with Crippen LogP contribution in [0.1, 0.15) is 33.2 Å². The Morgan fingerprint density at radius 1 is 1.00 bits per heavy atom. The molecule has 0 aliphatic carbocycles. The number of rotatable bonds is 3. The molecule has 0 N–H and O–H groups in total. The lowest BCUT2D eigenvalue weighted by Crippen LogP contribution is -2.03. The first-order chi connectivity index (χ1) is 9.70. The zero-order valence-electron chi connectivity index (χ0n) is 12.6. The van der Waals surface area contributed by atoms with Gasteiger partial charge in [-0.3, -0.25) is 0 Å². The van der Waals surface area contributed by atoms with Gasteiger partial charge in [0.2, 0.25) is 0 Å². The van der Waals surface area contributed by atoms with Gasteiger partial charge in [-0.15, -0.1) is 11.6 Å². The number of halogens is 1. The zero-order valence-corrected chi connectivity index (χ0v) is 14.2. The molecule has 0 aliphatic rings. The van der Waals surface area contributed by atoms with Gasteiger partial charge in [0.25, 0.3) is 0 Å².